The molecule has 0 unspecified atom stereocenters. The molecule has 0 atom stereocenters. The maximum Gasteiger partial charge on any atom is 0.274 e. The van der Waals surface area contributed by atoms with E-state index < -0.39 is 0 Å². The molecule has 0 spiro atoms. The van der Waals surface area contributed by atoms with Gasteiger partial charge in [-0.05, 0) is 43.2 Å². The van der Waals surface area contributed by atoms with Crippen molar-refractivity contribution in [2.45, 2.75) is 38.1 Å². The van der Waals surface area contributed by atoms with Crippen LogP contribution in [0.15, 0.2) is 48.9 Å². The van der Waals surface area contributed by atoms with Crippen molar-refractivity contribution >= 4 is 28.1 Å². The Morgan fingerprint density at radius 2 is 1.89 bits per heavy atom. The van der Waals surface area contributed by atoms with Gasteiger partial charge in [-0.3, -0.25) is 4.79 Å². The number of aromatic nitrogens is 2. The van der Waals surface area contributed by atoms with Crippen molar-refractivity contribution in [2.75, 3.05) is 10.6 Å². The van der Waals surface area contributed by atoms with E-state index in [0.717, 1.165) is 11.1 Å². The summed E-state index contributed by atoms with van der Waals surface area (Å²) in [5.41, 5.74) is 1.92. The van der Waals surface area contributed by atoms with E-state index in [1.165, 1.54) is 44.6 Å². The SMILES string of the molecule is O=C(Nc1ccc(O)c2cc(NC3CCCCC3)ccc12)c1ccncn1. The molecule has 0 radical (unpaired) electrons. The van der Waals surface area contributed by atoms with Gasteiger partial charge in [-0.25, -0.2) is 9.97 Å². The molecule has 2 aromatic carbocycles. The lowest BCUT2D eigenvalue weighted by molar-refractivity contribution is 0.102. The third-order valence-corrected chi connectivity index (χ3v) is 5.03. The molecular formula is C21H22N4O2. The van der Waals surface area contributed by atoms with E-state index >= 15 is 0 Å². The maximum absolute atomic E-state index is 12.4. The quantitative estimate of drug-likeness (QED) is 0.601. The number of phenols is 1. The van der Waals surface area contributed by atoms with Crippen LogP contribution < -0.4 is 10.6 Å². The minimum atomic E-state index is -0.311. The number of hydrogen-bond acceptors (Lipinski definition) is 5. The van der Waals surface area contributed by atoms with Crippen LogP contribution in [-0.4, -0.2) is 27.0 Å². The largest absolute Gasteiger partial charge is 0.507 e. The van der Waals surface area contributed by atoms with Gasteiger partial charge in [-0.2, -0.15) is 0 Å². The Kier molecular flexibility index (Phi) is 4.87. The third kappa shape index (κ3) is 3.84. The number of nitrogens with zero attached hydrogens (tertiary/aromatic N) is 2. The molecule has 0 bridgehead atoms. The number of aromatic hydroxyl groups is 1. The second-order valence-corrected chi connectivity index (χ2v) is 6.92. The zero-order valence-corrected chi connectivity index (χ0v) is 15.0. The highest BCUT2D eigenvalue weighted by atomic mass is 16.3. The molecule has 1 amide bonds. The Morgan fingerprint density at radius 1 is 1.04 bits per heavy atom. The van der Waals surface area contributed by atoms with Gasteiger partial charge in [0.2, 0.25) is 0 Å². The van der Waals surface area contributed by atoms with E-state index in [4.69, 9.17) is 0 Å². The highest BCUT2D eigenvalue weighted by molar-refractivity contribution is 6.09. The van der Waals surface area contributed by atoms with Crippen LogP contribution in [-0.2, 0) is 0 Å². The van der Waals surface area contributed by atoms with Crippen LogP contribution in [0.25, 0.3) is 10.8 Å². The Labute approximate surface area is 157 Å². The topological polar surface area (TPSA) is 87.1 Å². The third-order valence-electron chi connectivity index (χ3n) is 5.03. The number of hydrogen-bond donors (Lipinski definition) is 3. The fourth-order valence-corrected chi connectivity index (χ4v) is 3.63. The van der Waals surface area contributed by atoms with Crippen LogP contribution in [0.5, 0.6) is 5.75 Å². The Balaban J connectivity index is 1.60. The highest BCUT2D eigenvalue weighted by Crippen LogP contribution is 2.34. The van der Waals surface area contributed by atoms with Gasteiger partial charge in [-0.1, -0.05) is 25.3 Å². The van der Waals surface area contributed by atoms with E-state index in [-0.39, 0.29) is 11.7 Å². The molecule has 6 heteroatoms. The van der Waals surface area contributed by atoms with E-state index in [2.05, 4.69) is 20.6 Å². The van der Waals surface area contributed by atoms with Crippen molar-refractivity contribution in [3.8, 4) is 5.75 Å². The summed E-state index contributed by atoms with van der Waals surface area (Å²) < 4.78 is 0. The first-order chi connectivity index (χ1) is 13.2. The summed E-state index contributed by atoms with van der Waals surface area (Å²) in [5, 5.41) is 18.2. The van der Waals surface area contributed by atoms with Gasteiger partial charge < -0.3 is 15.7 Å². The summed E-state index contributed by atoms with van der Waals surface area (Å²) in [6, 6.07) is 11.2. The number of rotatable bonds is 4. The Hall–Kier alpha value is -3.15. The molecule has 0 aliphatic heterocycles. The molecule has 1 aliphatic rings. The smallest absolute Gasteiger partial charge is 0.274 e. The number of carbonyl (C=O) groups is 1. The number of anilines is 2. The lowest BCUT2D eigenvalue weighted by Gasteiger charge is -2.24. The molecule has 138 valence electrons. The first-order valence-corrected chi connectivity index (χ1v) is 9.30. The molecule has 0 saturated heterocycles. The van der Waals surface area contributed by atoms with Crippen molar-refractivity contribution in [1.82, 2.24) is 9.97 Å². The molecule has 1 aliphatic carbocycles. The monoisotopic (exact) mass is 362 g/mol. The highest BCUT2D eigenvalue weighted by Gasteiger charge is 2.15. The van der Waals surface area contributed by atoms with Crippen molar-refractivity contribution < 1.29 is 9.90 Å². The van der Waals surface area contributed by atoms with Crippen molar-refractivity contribution in [2.24, 2.45) is 0 Å². The number of phenolic OH excluding ortho intramolecular Hbond substituents is 1. The van der Waals surface area contributed by atoms with Crippen LogP contribution in [0.3, 0.4) is 0 Å². The molecule has 1 fully saturated rings. The predicted molar refractivity (Wildman–Crippen MR) is 106 cm³/mol. The molecule has 1 heterocycles. The number of benzene rings is 2. The zero-order valence-electron chi connectivity index (χ0n) is 15.0. The summed E-state index contributed by atoms with van der Waals surface area (Å²) in [7, 11) is 0. The fourth-order valence-electron chi connectivity index (χ4n) is 3.63. The molecule has 3 N–H and O–H groups in total. The first kappa shape index (κ1) is 17.3. The summed E-state index contributed by atoms with van der Waals surface area (Å²) in [6.45, 7) is 0. The molecular weight excluding hydrogens is 340 g/mol. The average Bonchev–Trinajstić information content (AvgIpc) is 2.72. The van der Waals surface area contributed by atoms with Crippen LogP contribution in [0.1, 0.15) is 42.6 Å². The second-order valence-electron chi connectivity index (χ2n) is 6.92. The van der Waals surface area contributed by atoms with Crippen molar-refractivity contribution in [1.29, 1.82) is 0 Å². The van der Waals surface area contributed by atoms with Crippen LogP contribution in [0, 0.1) is 0 Å². The number of fused-ring (bicyclic) bond motifs is 1. The normalized spacial score (nSPS) is 14.8. The predicted octanol–water partition coefficient (Wildman–Crippen LogP) is 4.33. The van der Waals surface area contributed by atoms with Gasteiger partial charge >= 0.3 is 0 Å². The minimum absolute atomic E-state index is 0.192. The molecule has 4 rings (SSSR count). The standard InChI is InChI=1S/C21H22N4O2/c26-20-9-8-18(25-21(27)19-10-11-22-13-23-19)16-7-6-15(12-17(16)20)24-14-4-2-1-3-5-14/h6-14,24,26H,1-5H2,(H,25,27). The number of amides is 1. The molecule has 1 saturated carbocycles. The second kappa shape index (κ2) is 7.61. The summed E-state index contributed by atoms with van der Waals surface area (Å²) >= 11 is 0. The van der Waals surface area contributed by atoms with E-state index in [9.17, 15) is 9.90 Å². The van der Waals surface area contributed by atoms with Gasteiger partial charge in [0.05, 0.1) is 0 Å². The van der Waals surface area contributed by atoms with Gasteiger partial charge in [0.1, 0.15) is 17.8 Å². The molecule has 6 nitrogen and oxygen atoms in total. The minimum Gasteiger partial charge on any atom is -0.507 e. The van der Waals surface area contributed by atoms with Crippen molar-refractivity contribution in [3.63, 3.8) is 0 Å². The molecule has 1 aromatic heterocycles. The van der Waals surface area contributed by atoms with Gasteiger partial charge in [0.15, 0.2) is 0 Å². The average molecular weight is 362 g/mol. The lowest BCUT2D eigenvalue weighted by Crippen LogP contribution is -2.22. The Morgan fingerprint density at radius 3 is 2.67 bits per heavy atom. The van der Waals surface area contributed by atoms with Gasteiger partial charge in [0, 0.05) is 34.4 Å². The number of carbonyl (C=O) groups excluding carboxylic acids is 1. The summed E-state index contributed by atoms with van der Waals surface area (Å²) in [6.07, 6.45) is 9.06. The van der Waals surface area contributed by atoms with E-state index in [0.29, 0.717) is 22.8 Å². The summed E-state index contributed by atoms with van der Waals surface area (Å²) in [4.78, 5) is 20.2. The van der Waals surface area contributed by atoms with Crippen LogP contribution in [0.2, 0.25) is 0 Å². The van der Waals surface area contributed by atoms with Crippen LogP contribution >= 0.6 is 0 Å². The van der Waals surface area contributed by atoms with Gasteiger partial charge in [0.25, 0.3) is 5.91 Å². The van der Waals surface area contributed by atoms with E-state index in [1.54, 1.807) is 18.2 Å². The van der Waals surface area contributed by atoms with Crippen LogP contribution in [0.4, 0.5) is 11.4 Å². The fraction of sp³-hybridized carbons (Fsp3) is 0.286. The molecule has 3 aromatic rings. The lowest BCUT2D eigenvalue weighted by atomic mass is 9.95. The number of nitrogens with one attached hydrogen (secondary N) is 2. The molecule has 27 heavy (non-hydrogen) atoms. The maximum atomic E-state index is 12.4. The van der Waals surface area contributed by atoms with Crippen molar-refractivity contribution in [3.05, 3.63) is 54.6 Å². The van der Waals surface area contributed by atoms with Gasteiger partial charge in [-0.15, -0.1) is 0 Å². The Bertz CT molecular complexity index is 953. The first-order valence-electron chi connectivity index (χ1n) is 9.30. The van der Waals surface area contributed by atoms with E-state index in [1.807, 2.05) is 18.2 Å². The summed E-state index contributed by atoms with van der Waals surface area (Å²) in [5.74, 6) is -0.119. The zero-order chi connectivity index (χ0) is 18.6.